The minimum Gasteiger partial charge on any atom is -0.495 e. The molecule has 1 heterocycles. The average molecular weight is 418 g/mol. The maximum absolute atomic E-state index is 6.33. The molecule has 1 fully saturated rings. The number of hydrogen-bond donors (Lipinski definition) is 1. The summed E-state index contributed by atoms with van der Waals surface area (Å²) < 4.78 is 11.6. The summed E-state index contributed by atoms with van der Waals surface area (Å²) in [6.45, 7) is 4.26. The number of nitrogens with one attached hydrogen (secondary N) is 1. The molecule has 1 unspecified atom stereocenters. The molecule has 0 bridgehead atoms. The fourth-order valence-electron chi connectivity index (χ4n) is 4.13. The number of methoxy groups -OCH3 is 1. The van der Waals surface area contributed by atoms with Gasteiger partial charge < -0.3 is 14.8 Å². The zero-order chi connectivity index (χ0) is 19.7. The van der Waals surface area contributed by atoms with E-state index in [4.69, 9.17) is 32.7 Å². The molecule has 0 saturated heterocycles. The number of rotatable bonds is 6. The summed E-state index contributed by atoms with van der Waals surface area (Å²) in [5, 5.41) is 5.01. The van der Waals surface area contributed by atoms with Crippen molar-refractivity contribution in [3.63, 3.8) is 0 Å². The van der Waals surface area contributed by atoms with Crippen molar-refractivity contribution in [1.82, 2.24) is 5.32 Å². The Balaban J connectivity index is 1.43. The molecule has 1 spiro atoms. The van der Waals surface area contributed by atoms with E-state index in [9.17, 15) is 0 Å². The van der Waals surface area contributed by atoms with Crippen molar-refractivity contribution in [3.8, 4) is 11.5 Å². The molecule has 2 aromatic rings. The van der Waals surface area contributed by atoms with Crippen LogP contribution >= 0.6 is 23.2 Å². The van der Waals surface area contributed by atoms with E-state index in [0.717, 1.165) is 54.1 Å². The Kier molecular flexibility index (Phi) is 5.48. The summed E-state index contributed by atoms with van der Waals surface area (Å²) in [4.78, 5) is 0. The largest absolute Gasteiger partial charge is 0.495 e. The SMILES string of the molecule is C=C(CCc1ccc(OC)c(Cl)c1)NC1CC2(CCC2)Oc2ccc(Cl)cc21. The Morgan fingerprint density at radius 3 is 2.75 bits per heavy atom. The number of aryl methyl sites for hydroxylation is 1. The van der Waals surface area contributed by atoms with Crippen molar-refractivity contribution in [2.45, 2.75) is 50.2 Å². The number of ether oxygens (including phenoxy) is 2. The van der Waals surface area contributed by atoms with E-state index in [-0.39, 0.29) is 11.6 Å². The summed E-state index contributed by atoms with van der Waals surface area (Å²) in [7, 11) is 1.62. The normalized spacial score (nSPS) is 19.3. The monoisotopic (exact) mass is 417 g/mol. The van der Waals surface area contributed by atoms with Gasteiger partial charge in [0, 0.05) is 22.7 Å². The van der Waals surface area contributed by atoms with E-state index in [0.29, 0.717) is 10.8 Å². The molecule has 1 saturated carbocycles. The third-order valence-corrected chi connectivity index (χ3v) is 6.36. The van der Waals surface area contributed by atoms with Crippen molar-refractivity contribution in [3.05, 3.63) is 69.8 Å². The van der Waals surface area contributed by atoms with Gasteiger partial charge >= 0.3 is 0 Å². The second-order valence-electron chi connectivity index (χ2n) is 7.79. The molecule has 1 aliphatic heterocycles. The minimum absolute atomic E-state index is 0.0255. The van der Waals surface area contributed by atoms with E-state index >= 15 is 0 Å². The first-order valence-corrected chi connectivity index (χ1v) is 10.5. The van der Waals surface area contributed by atoms with Gasteiger partial charge in [-0.25, -0.2) is 0 Å². The molecule has 148 valence electrons. The molecule has 0 aromatic heterocycles. The Morgan fingerprint density at radius 1 is 1.25 bits per heavy atom. The zero-order valence-corrected chi connectivity index (χ0v) is 17.6. The maximum Gasteiger partial charge on any atom is 0.137 e. The molecule has 1 N–H and O–H groups in total. The first kappa shape index (κ1) is 19.5. The summed E-state index contributed by atoms with van der Waals surface area (Å²) in [6.07, 6.45) is 6.12. The first-order valence-electron chi connectivity index (χ1n) is 9.73. The van der Waals surface area contributed by atoms with Gasteiger partial charge in [0.15, 0.2) is 0 Å². The van der Waals surface area contributed by atoms with Gasteiger partial charge in [-0.2, -0.15) is 0 Å². The third kappa shape index (κ3) is 3.97. The van der Waals surface area contributed by atoms with E-state index in [1.807, 2.05) is 36.4 Å². The smallest absolute Gasteiger partial charge is 0.137 e. The highest BCUT2D eigenvalue weighted by molar-refractivity contribution is 6.32. The van der Waals surface area contributed by atoms with Crippen LogP contribution in [0.15, 0.2) is 48.7 Å². The minimum atomic E-state index is -0.0255. The Bertz CT molecular complexity index is 892. The lowest BCUT2D eigenvalue weighted by atomic mass is 9.73. The molecule has 4 rings (SSSR count). The molecule has 28 heavy (non-hydrogen) atoms. The highest BCUT2D eigenvalue weighted by Crippen LogP contribution is 2.49. The number of allylic oxidation sites excluding steroid dienone is 1. The molecule has 0 radical (unpaired) electrons. The average Bonchev–Trinajstić information content (AvgIpc) is 2.65. The second-order valence-corrected chi connectivity index (χ2v) is 8.64. The molecule has 3 nitrogen and oxygen atoms in total. The van der Waals surface area contributed by atoms with Crippen molar-refractivity contribution in [2.75, 3.05) is 7.11 Å². The van der Waals surface area contributed by atoms with Crippen LogP contribution in [0.25, 0.3) is 0 Å². The van der Waals surface area contributed by atoms with Crippen molar-refractivity contribution < 1.29 is 9.47 Å². The van der Waals surface area contributed by atoms with Crippen LogP contribution in [0.3, 0.4) is 0 Å². The van der Waals surface area contributed by atoms with Crippen LogP contribution in [0.2, 0.25) is 10.0 Å². The van der Waals surface area contributed by atoms with Gasteiger partial charge in [0.05, 0.1) is 18.2 Å². The highest BCUT2D eigenvalue weighted by atomic mass is 35.5. The fraction of sp³-hybridized carbons (Fsp3) is 0.391. The van der Waals surface area contributed by atoms with Crippen LogP contribution in [0.4, 0.5) is 0 Å². The topological polar surface area (TPSA) is 30.5 Å². The number of hydrogen-bond acceptors (Lipinski definition) is 3. The second kappa shape index (κ2) is 7.88. The molecule has 0 amide bonds. The van der Waals surface area contributed by atoms with Crippen LogP contribution < -0.4 is 14.8 Å². The van der Waals surface area contributed by atoms with Gasteiger partial charge in [-0.1, -0.05) is 35.8 Å². The molecule has 1 aliphatic carbocycles. The Morgan fingerprint density at radius 2 is 2.07 bits per heavy atom. The fourth-order valence-corrected chi connectivity index (χ4v) is 4.59. The number of benzene rings is 2. The lowest BCUT2D eigenvalue weighted by Gasteiger charge is -2.48. The van der Waals surface area contributed by atoms with Crippen molar-refractivity contribution in [2.24, 2.45) is 0 Å². The quantitative estimate of drug-likeness (QED) is 0.582. The number of fused-ring (bicyclic) bond motifs is 1. The zero-order valence-electron chi connectivity index (χ0n) is 16.1. The van der Waals surface area contributed by atoms with Gasteiger partial charge in [-0.3, -0.25) is 0 Å². The Labute approximate surface area is 176 Å². The predicted molar refractivity (Wildman–Crippen MR) is 115 cm³/mol. The molecular formula is C23H25Cl2NO2. The van der Waals surface area contributed by atoms with Crippen LogP contribution in [-0.2, 0) is 6.42 Å². The van der Waals surface area contributed by atoms with Gasteiger partial charge in [-0.15, -0.1) is 0 Å². The first-order chi connectivity index (χ1) is 13.5. The van der Waals surface area contributed by atoms with Gasteiger partial charge in [0.25, 0.3) is 0 Å². The summed E-state index contributed by atoms with van der Waals surface area (Å²) >= 11 is 12.5. The van der Waals surface area contributed by atoms with Crippen molar-refractivity contribution >= 4 is 23.2 Å². The molecule has 2 aromatic carbocycles. The van der Waals surface area contributed by atoms with E-state index in [1.54, 1.807) is 7.11 Å². The maximum atomic E-state index is 6.33. The van der Waals surface area contributed by atoms with E-state index < -0.39 is 0 Å². The summed E-state index contributed by atoms with van der Waals surface area (Å²) in [6, 6.07) is 12.0. The molecular weight excluding hydrogens is 393 g/mol. The third-order valence-electron chi connectivity index (χ3n) is 5.82. The predicted octanol–water partition coefficient (Wildman–Crippen LogP) is 6.48. The van der Waals surface area contributed by atoms with E-state index in [1.165, 1.54) is 12.0 Å². The van der Waals surface area contributed by atoms with Crippen LogP contribution in [0.1, 0.15) is 49.3 Å². The molecule has 5 heteroatoms. The van der Waals surface area contributed by atoms with Crippen LogP contribution in [-0.4, -0.2) is 12.7 Å². The summed E-state index contributed by atoms with van der Waals surface area (Å²) in [5.41, 5.74) is 3.28. The highest BCUT2D eigenvalue weighted by Gasteiger charge is 2.45. The van der Waals surface area contributed by atoms with Crippen molar-refractivity contribution in [1.29, 1.82) is 0 Å². The molecule has 2 aliphatic rings. The van der Waals surface area contributed by atoms with E-state index in [2.05, 4.69) is 11.9 Å². The lowest BCUT2D eigenvalue weighted by molar-refractivity contribution is -0.0359. The summed E-state index contributed by atoms with van der Waals surface area (Å²) in [5.74, 6) is 1.64. The van der Waals surface area contributed by atoms with Gasteiger partial charge in [0.2, 0.25) is 0 Å². The molecule has 1 atom stereocenters. The Hall–Kier alpha value is -1.84. The van der Waals surface area contributed by atoms with Gasteiger partial charge in [-0.05, 0) is 68.0 Å². The lowest BCUT2D eigenvalue weighted by Crippen LogP contribution is -2.49. The standard InChI is InChI=1S/C23H25Cl2NO2/c1-15(4-5-16-6-8-22(27-2)19(25)12-16)26-20-14-23(10-3-11-23)28-21-9-7-17(24)13-18(20)21/h6-9,12-13,20,26H,1,3-5,10-11,14H2,2H3. The van der Waals surface area contributed by atoms with Crippen LogP contribution in [0, 0.1) is 0 Å². The van der Waals surface area contributed by atoms with Gasteiger partial charge in [0.1, 0.15) is 17.1 Å². The van der Waals surface area contributed by atoms with Crippen LogP contribution in [0.5, 0.6) is 11.5 Å². The number of halogens is 2.